The lowest BCUT2D eigenvalue weighted by molar-refractivity contribution is -0.123. The Hall–Kier alpha value is -3.87. The van der Waals surface area contributed by atoms with E-state index in [0.29, 0.717) is 43.6 Å². The van der Waals surface area contributed by atoms with Crippen molar-refractivity contribution < 1.29 is 18.7 Å². The lowest BCUT2D eigenvalue weighted by Gasteiger charge is -2.36. The van der Waals surface area contributed by atoms with Gasteiger partial charge in [-0.15, -0.1) is 0 Å². The van der Waals surface area contributed by atoms with Gasteiger partial charge in [-0.05, 0) is 49.9 Å². The molecule has 1 fully saturated rings. The molecular weight excluding hydrogens is 545 g/mol. The molecule has 0 radical (unpaired) electrons. The van der Waals surface area contributed by atoms with Gasteiger partial charge in [-0.3, -0.25) is 14.6 Å². The van der Waals surface area contributed by atoms with Gasteiger partial charge in [0.15, 0.2) is 11.0 Å². The van der Waals surface area contributed by atoms with E-state index >= 15 is 0 Å². The Balaban J connectivity index is 1.08. The molecule has 214 valence electrons. The topological polar surface area (TPSA) is 131 Å². The number of anilines is 1. The Kier molecular flexibility index (Phi) is 9.22. The third kappa shape index (κ3) is 7.46. The van der Waals surface area contributed by atoms with Crippen LogP contribution in [0, 0.1) is 11.7 Å². The van der Waals surface area contributed by atoms with Gasteiger partial charge in [-0.1, -0.05) is 24.3 Å². The van der Waals surface area contributed by atoms with Crippen LogP contribution in [0.4, 0.5) is 9.52 Å². The Morgan fingerprint density at radius 1 is 1.12 bits per heavy atom. The molecule has 41 heavy (non-hydrogen) atoms. The van der Waals surface area contributed by atoms with E-state index in [0.717, 1.165) is 33.8 Å². The molecule has 12 heteroatoms. The van der Waals surface area contributed by atoms with E-state index in [1.807, 2.05) is 25.1 Å². The first-order valence-electron chi connectivity index (χ1n) is 13.6. The second-order valence-electron chi connectivity index (χ2n) is 10.1. The Labute approximate surface area is 241 Å². The zero-order chi connectivity index (χ0) is 28.8. The van der Waals surface area contributed by atoms with Gasteiger partial charge in [0.2, 0.25) is 5.91 Å². The Morgan fingerprint density at radius 3 is 2.68 bits per heavy atom. The van der Waals surface area contributed by atoms with Crippen LogP contribution in [0.2, 0.25) is 0 Å². The number of hydrogen-bond donors (Lipinski definition) is 3. The molecule has 0 aliphatic heterocycles. The fourth-order valence-corrected chi connectivity index (χ4v) is 5.45. The largest absolute Gasteiger partial charge is 0.373 e. The Morgan fingerprint density at radius 2 is 1.93 bits per heavy atom. The molecule has 1 saturated carbocycles. The molecule has 0 spiro atoms. The average Bonchev–Trinajstić information content (AvgIpc) is 3.35. The lowest BCUT2D eigenvalue weighted by atomic mass is 9.79. The summed E-state index contributed by atoms with van der Waals surface area (Å²) in [6, 6.07) is 8.39. The Bertz CT molecular complexity index is 1510. The summed E-state index contributed by atoms with van der Waals surface area (Å²) >= 11 is 1.43. The van der Waals surface area contributed by atoms with Gasteiger partial charge in [-0.2, -0.15) is 0 Å². The van der Waals surface area contributed by atoms with Crippen LogP contribution in [0.25, 0.3) is 21.3 Å². The number of rotatable bonds is 12. The summed E-state index contributed by atoms with van der Waals surface area (Å²) in [4.78, 5) is 42.2. The number of pyridine rings is 1. The van der Waals surface area contributed by atoms with Crippen molar-refractivity contribution in [3.8, 4) is 11.1 Å². The molecule has 3 aromatic heterocycles. The highest BCUT2D eigenvalue weighted by Gasteiger charge is 2.35. The first kappa shape index (κ1) is 28.7. The normalized spacial score (nSPS) is 17.1. The molecule has 4 aromatic rings. The molecule has 0 bridgehead atoms. The number of benzene rings is 1. The highest BCUT2D eigenvalue weighted by atomic mass is 32.1. The SMILES string of the molecule is CCCOCc1ncc(-c2ccc3nc(NC(=O)[C@H]4C[C@@H](N[C@@H](C)CNC(=O)c5cc(F)ccn5)C4)sc3c2)cn1. The third-order valence-electron chi connectivity index (χ3n) is 6.79. The van der Waals surface area contributed by atoms with Crippen LogP contribution in [-0.4, -0.2) is 57.0 Å². The van der Waals surface area contributed by atoms with Crippen LogP contribution in [-0.2, 0) is 16.1 Å². The van der Waals surface area contributed by atoms with E-state index in [1.54, 1.807) is 12.4 Å². The molecule has 3 N–H and O–H groups in total. The highest BCUT2D eigenvalue weighted by molar-refractivity contribution is 7.22. The predicted octanol–water partition coefficient (Wildman–Crippen LogP) is 4.34. The molecule has 1 atom stereocenters. The summed E-state index contributed by atoms with van der Waals surface area (Å²) in [6.45, 7) is 5.45. The molecule has 1 aliphatic rings. The van der Waals surface area contributed by atoms with Gasteiger partial charge in [0.1, 0.15) is 18.1 Å². The van der Waals surface area contributed by atoms with E-state index in [2.05, 4.69) is 42.8 Å². The van der Waals surface area contributed by atoms with Gasteiger partial charge in [0.25, 0.3) is 5.91 Å². The van der Waals surface area contributed by atoms with Crippen molar-refractivity contribution in [2.75, 3.05) is 18.5 Å². The molecular formula is C29H32FN7O3S. The number of hydrogen-bond acceptors (Lipinski definition) is 9. The van der Waals surface area contributed by atoms with Crippen LogP contribution >= 0.6 is 11.3 Å². The molecule has 2 amide bonds. The van der Waals surface area contributed by atoms with Crippen LogP contribution < -0.4 is 16.0 Å². The summed E-state index contributed by atoms with van der Waals surface area (Å²) in [5, 5.41) is 9.72. The number of fused-ring (bicyclic) bond motifs is 1. The van der Waals surface area contributed by atoms with E-state index in [4.69, 9.17) is 4.74 Å². The molecule has 1 aromatic carbocycles. The second kappa shape index (κ2) is 13.2. The quantitative estimate of drug-likeness (QED) is 0.212. The number of aromatic nitrogens is 4. The highest BCUT2D eigenvalue weighted by Crippen LogP contribution is 2.33. The second-order valence-corrected chi connectivity index (χ2v) is 11.2. The number of carbonyl (C=O) groups is 2. The van der Waals surface area contributed by atoms with E-state index in [9.17, 15) is 14.0 Å². The minimum Gasteiger partial charge on any atom is -0.373 e. The summed E-state index contributed by atoms with van der Waals surface area (Å²) < 4.78 is 19.8. The van der Waals surface area contributed by atoms with Crippen LogP contribution in [0.1, 0.15) is 49.4 Å². The molecule has 10 nitrogen and oxygen atoms in total. The maximum Gasteiger partial charge on any atom is 0.270 e. The number of amides is 2. The molecule has 5 rings (SSSR count). The average molecular weight is 578 g/mol. The maximum atomic E-state index is 13.3. The molecule has 0 saturated heterocycles. The van der Waals surface area contributed by atoms with Crippen molar-refractivity contribution in [3.05, 3.63) is 66.3 Å². The summed E-state index contributed by atoms with van der Waals surface area (Å²) in [6.07, 6.45) is 7.20. The van der Waals surface area contributed by atoms with E-state index in [1.165, 1.54) is 23.6 Å². The van der Waals surface area contributed by atoms with Crippen molar-refractivity contribution in [2.24, 2.45) is 5.92 Å². The van der Waals surface area contributed by atoms with Gasteiger partial charge in [0.05, 0.1) is 10.2 Å². The minimum absolute atomic E-state index is 0.0176. The zero-order valence-corrected chi connectivity index (χ0v) is 23.7. The van der Waals surface area contributed by atoms with E-state index in [-0.39, 0.29) is 29.6 Å². The van der Waals surface area contributed by atoms with Gasteiger partial charge < -0.3 is 20.7 Å². The number of carbonyl (C=O) groups excluding carboxylic acids is 2. The zero-order valence-electron chi connectivity index (χ0n) is 22.9. The fraction of sp³-hybridized carbons (Fsp3) is 0.379. The first-order chi connectivity index (χ1) is 19.9. The number of ether oxygens (including phenoxy) is 1. The molecule has 0 unspecified atom stereocenters. The number of halogens is 1. The van der Waals surface area contributed by atoms with Crippen molar-refractivity contribution in [2.45, 2.75) is 51.8 Å². The number of thiazole rings is 1. The maximum absolute atomic E-state index is 13.3. The van der Waals surface area contributed by atoms with Gasteiger partial charge in [0, 0.05) is 61.4 Å². The monoisotopic (exact) mass is 577 g/mol. The fourth-order valence-electron chi connectivity index (χ4n) is 4.55. The van der Waals surface area contributed by atoms with Crippen molar-refractivity contribution >= 4 is 38.5 Å². The van der Waals surface area contributed by atoms with E-state index < -0.39 is 11.7 Å². The van der Waals surface area contributed by atoms with Gasteiger partial charge >= 0.3 is 0 Å². The smallest absolute Gasteiger partial charge is 0.270 e. The summed E-state index contributed by atoms with van der Waals surface area (Å²) in [5.41, 5.74) is 2.74. The number of nitrogens with zero attached hydrogens (tertiary/aromatic N) is 4. The summed E-state index contributed by atoms with van der Waals surface area (Å²) in [5.74, 6) is -0.430. The predicted molar refractivity (Wildman–Crippen MR) is 155 cm³/mol. The standard InChI is InChI=1S/C29H32FN7O3S/c1-3-8-40-16-26-32-14-20(15-33-26)18-4-5-23-25(11-18)41-29(36-23)37-27(38)19-9-22(10-19)35-17(2)13-34-28(39)24-12-21(30)6-7-31-24/h4-7,11-12,14-15,17,19,22,35H,3,8-10,13,16H2,1-2H3,(H,34,39)(H,36,37,38)/t17-,19-,22+/m0/s1. The minimum atomic E-state index is -0.504. The van der Waals surface area contributed by atoms with Gasteiger partial charge in [-0.25, -0.2) is 19.3 Å². The van der Waals surface area contributed by atoms with Crippen molar-refractivity contribution in [1.29, 1.82) is 0 Å². The molecule has 3 heterocycles. The summed E-state index contributed by atoms with van der Waals surface area (Å²) in [7, 11) is 0. The van der Waals surface area contributed by atoms with Crippen molar-refractivity contribution in [1.82, 2.24) is 30.6 Å². The third-order valence-corrected chi connectivity index (χ3v) is 7.72. The van der Waals surface area contributed by atoms with Crippen LogP contribution in [0.15, 0.2) is 48.9 Å². The van der Waals surface area contributed by atoms with Crippen LogP contribution in [0.5, 0.6) is 0 Å². The first-order valence-corrected chi connectivity index (χ1v) is 14.5. The lowest BCUT2D eigenvalue weighted by Crippen LogP contribution is -2.51. The van der Waals surface area contributed by atoms with Crippen molar-refractivity contribution in [3.63, 3.8) is 0 Å². The number of nitrogens with one attached hydrogen (secondary N) is 3. The van der Waals surface area contributed by atoms with Crippen LogP contribution in [0.3, 0.4) is 0 Å². The molecule has 1 aliphatic carbocycles.